The van der Waals surface area contributed by atoms with E-state index in [4.69, 9.17) is 9.84 Å². The molecular weight excluding hydrogens is 292 g/mol. The Labute approximate surface area is 138 Å². The van der Waals surface area contributed by atoms with Crippen LogP contribution >= 0.6 is 0 Å². The molecule has 1 heterocycles. The van der Waals surface area contributed by atoms with Gasteiger partial charge in [-0.3, -0.25) is 9.69 Å². The lowest BCUT2D eigenvalue weighted by molar-refractivity contribution is -0.127. The maximum absolute atomic E-state index is 12.5. The molecule has 0 radical (unpaired) electrons. The lowest BCUT2D eigenvalue weighted by atomic mass is 10.0. The summed E-state index contributed by atoms with van der Waals surface area (Å²) in [7, 11) is 0. The highest BCUT2D eigenvalue weighted by molar-refractivity contribution is 5.81. The lowest BCUT2D eigenvalue weighted by Crippen LogP contribution is -2.49. The molecule has 128 valence electrons. The van der Waals surface area contributed by atoms with Crippen molar-refractivity contribution in [1.29, 1.82) is 0 Å². The molecule has 1 aliphatic rings. The quantitative estimate of drug-likeness (QED) is 0.768. The molecule has 0 aliphatic carbocycles. The van der Waals surface area contributed by atoms with Gasteiger partial charge >= 0.3 is 0 Å². The zero-order valence-corrected chi connectivity index (χ0v) is 14.0. The number of aliphatic hydroxyl groups is 1. The molecule has 1 fully saturated rings. The third-order valence-corrected chi connectivity index (χ3v) is 4.20. The van der Waals surface area contributed by atoms with Crippen molar-refractivity contribution in [2.24, 2.45) is 0 Å². The van der Waals surface area contributed by atoms with Crippen molar-refractivity contribution in [3.05, 3.63) is 29.8 Å². The van der Waals surface area contributed by atoms with Crippen LogP contribution in [-0.4, -0.2) is 48.3 Å². The first-order valence-corrected chi connectivity index (χ1v) is 8.59. The Morgan fingerprint density at radius 2 is 2.22 bits per heavy atom. The van der Waals surface area contributed by atoms with Crippen LogP contribution in [0.1, 0.15) is 38.2 Å². The van der Waals surface area contributed by atoms with Gasteiger partial charge in [0.2, 0.25) is 5.91 Å². The Kier molecular flexibility index (Phi) is 7.36. The number of ether oxygens (including phenoxy) is 1. The highest BCUT2D eigenvalue weighted by Gasteiger charge is 2.27. The lowest BCUT2D eigenvalue weighted by Gasteiger charge is -2.34. The molecule has 23 heavy (non-hydrogen) atoms. The van der Waals surface area contributed by atoms with Crippen LogP contribution in [0.2, 0.25) is 0 Å². The molecule has 1 saturated heterocycles. The number of hydrogen-bond acceptors (Lipinski definition) is 4. The van der Waals surface area contributed by atoms with E-state index in [1.807, 2.05) is 24.3 Å². The van der Waals surface area contributed by atoms with Gasteiger partial charge in [-0.15, -0.1) is 0 Å². The molecule has 2 N–H and O–H groups in total. The largest absolute Gasteiger partial charge is 0.491 e. The van der Waals surface area contributed by atoms with E-state index in [-0.39, 0.29) is 25.2 Å². The summed E-state index contributed by atoms with van der Waals surface area (Å²) >= 11 is 0. The van der Waals surface area contributed by atoms with Gasteiger partial charge in [-0.2, -0.15) is 0 Å². The standard InChI is InChI=1S/C18H28N2O3/c1-2-10-20-11-6-5-8-16(20)18(22)19-14-15-7-3-4-9-17(15)23-13-12-21/h3-4,7,9,16,21H,2,5-6,8,10-14H2,1H3,(H,19,22). The van der Waals surface area contributed by atoms with Gasteiger partial charge in [0.05, 0.1) is 12.6 Å². The van der Waals surface area contributed by atoms with Crippen molar-refractivity contribution >= 4 is 5.91 Å². The van der Waals surface area contributed by atoms with Crippen molar-refractivity contribution in [3.63, 3.8) is 0 Å². The Bertz CT molecular complexity index is 491. The molecule has 0 bridgehead atoms. The average Bonchev–Trinajstić information content (AvgIpc) is 2.59. The summed E-state index contributed by atoms with van der Waals surface area (Å²) in [5, 5.41) is 11.9. The fraction of sp³-hybridized carbons (Fsp3) is 0.611. The van der Waals surface area contributed by atoms with Gasteiger partial charge in [0.1, 0.15) is 12.4 Å². The van der Waals surface area contributed by atoms with Crippen LogP contribution in [0.5, 0.6) is 5.75 Å². The molecule has 2 rings (SSSR count). The molecule has 1 amide bonds. The third-order valence-electron chi connectivity index (χ3n) is 4.20. The van der Waals surface area contributed by atoms with E-state index in [0.29, 0.717) is 6.54 Å². The molecule has 1 aliphatic heterocycles. The number of para-hydroxylation sites is 1. The van der Waals surface area contributed by atoms with E-state index >= 15 is 0 Å². The molecule has 1 unspecified atom stereocenters. The van der Waals surface area contributed by atoms with Gasteiger partial charge in [-0.25, -0.2) is 0 Å². The summed E-state index contributed by atoms with van der Waals surface area (Å²) in [6, 6.07) is 7.62. The van der Waals surface area contributed by atoms with Crippen LogP contribution in [0.4, 0.5) is 0 Å². The highest BCUT2D eigenvalue weighted by atomic mass is 16.5. The Morgan fingerprint density at radius 1 is 1.39 bits per heavy atom. The first-order valence-electron chi connectivity index (χ1n) is 8.59. The van der Waals surface area contributed by atoms with Gasteiger partial charge in [0, 0.05) is 12.1 Å². The molecule has 0 spiro atoms. The minimum atomic E-state index is -0.0191. The van der Waals surface area contributed by atoms with Crippen LogP contribution < -0.4 is 10.1 Å². The van der Waals surface area contributed by atoms with Crippen LogP contribution in [0.25, 0.3) is 0 Å². The molecule has 5 heteroatoms. The van der Waals surface area contributed by atoms with Gasteiger partial charge in [0.15, 0.2) is 0 Å². The number of rotatable bonds is 8. The summed E-state index contributed by atoms with van der Waals surface area (Å²) in [6.07, 6.45) is 4.31. The van der Waals surface area contributed by atoms with Crippen LogP contribution in [0, 0.1) is 0 Å². The predicted octanol–water partition coefficient (Wildman–Crippen LogP) is 1.94. The van der Waals surface area contributed by atoms with E-state index < -0.39 is 0 Å². The molecule has 0 saturated carbocycles. The summed E-state index contributed by atoms with van der Waals surface area (Å²) in [5.41, 5.74) is 0.937. The Morgan fingerprint density at radius 3 is 3.00 bits per heavy atom. The van der Waals surface area contributed by atoms with Gasteiger partial charge < -0.3 is 15.2 Å². The Balaban J connectivity index is 1.93. The summed E-state index contributed by atoms with van der Waals surface area (Å²) in [5.74, 6) is 0.825. The maximum Gasteiger partial charge on any atom is 0.237 e. The van der Waals surface area contributed by atoms with Crippen LogP contribution in [0.15, 0.2) is 24.3 Å². The molecule has 5 nitrogen and oxygen atoms in total. The summed E-state index contributed by atoms with van der Waals surface area (Å²) in [6.45, 7) is 4.85. The molecule has 1 aromatic rings. The Hall–Kier alpha value is -1.59. The van der Waals surface area contributed by atoms with E-state index in [1.165, 1.54) is 6.42 Å². The van der Waals surface area contributed by atoms with Gasteiger partial charge in [-0.05, 0) is 38.4 Å². The molecular formula is C18H28N2O3. The fourth-order valence-electron chi connectivity index (χ4n) is 3.09. The first kappa shape index (κ1) is 17.8. The molecule has 0 aromatic heterocycles. The SMILES string of the molecule is CCCN1CCCCC1C(=O)NCc1ccccc1OCCO. The average molecular weight is 320 g/mol. The second-order valence-electron chi connectivity index (χ2n) is 5.95. The maximum atomic E-state index is 12.5. The normalized spacial score (nSPS) is 18.6. The van der Waals surface area contributed by atoms with Crippen molar-refractivity contribution in [3.8, 4) is 5.75 Å². The minimum absolute atomic E-state index is 0.00535. The van der Waals surface area contributed by atoms with Crippen molar-refractivity contribution in [1.82, 2.24) is 10.2 Å². The number of amides is 1. The van der Waals surface area contributed by atoms with E-state index in [2.05, 4.69) is 17.1 Å². The van der Waals surface area contributed by atoms with Crippen LogP contribution in [-0.2, 0) is 11.3 Å². The third kappa shape index (κ3) is 5.22. The minimum Gasteiger partial charge on any atom is -0.491 e. The van der Waals surface area contributed by atoms with Gasteiger partial charge in [0.25, 0.3) is 0 Å². The number of nitrogens with zero attached hydrogens (tertiary/aromatic N) is 1. The predicted molar refractivity (Wildman–Crippen MR) is 90.4 cm³/mol. The van der Waals surface area contributed by atoms with E-state index in [1.54, 1.807) is 0 Å². The van der Waals surface area contributed by atoms with Crippen molar-refractivity contribution in [2.45, 2.75) is 45.2 Å². The number of hydrogen-bond donors (Lipinski definition) is 2. The van der Waals surface area contributed by atoms with Crippen LogP contribution in [0.3, 0.4) is 0 Å². The summed E-state index contributed by atoms with van der Waals surface area (Å²) < 4.78 is 5.51. The van der Waals surface area contributed by atoms with Crippen molar-refractivity contribution in [2.75, 3.05) is 26.3 Å². The second kappa shape index (κ2) is 9.53. The molecule has 1 atom stereocenters. The van der Waals surface area contributed by atoms with Gasteiger partial charge in [-0.1, -0.05) is 31.5 Å². The number of benzene rings is 1. The summed E-state index contributed by atoms with van der Waals surface area (Å²) in [4.78, 5) is 14.8. The smallest absolute Gasteiger partial charge is 0.237 e. The number of aliphatic hydroxyl groups excluding tert-OH is 1. The first-order chi connectivity index (χ1) is 11.3. The topological polar surface area (TPSA) is 61.8 Å². The molecule has 1 aromatic carbocycles. The number of carbonyl (C=O) groups excluding carboxylic acids is 1. The second-order valence-corrected chi connectivity index (χ2v) is 5.95. The van der Waals surface area contributed by atoms with E-state index in [9.17, 15) is 4.79 Å². The number of likely N-dealkylation sites (tertiary alicyclic amines) is 1. The monoisotopic (exact) mass is 320 g/mol. The number of piperidine rings is 1. The highest BCUT2D eigenvalue weighted by Crippen LogP contribution is 2.20. The van der Waals surface area contributed by atoms with Crippen molar-refractivity contribution < 1.29 is 14.6 Å². The number of carbonyl (C=O) groups is 1. The zero-order valence-electron chi connectivity index (χ0n) is 14.0. The number of nitrogens with one attached hydrogen (secondary N) is 1. The fourth-order valence-corrected chi connectivity index (χ4v) is 3.09. The van der Waals surface area contributed by atoms with E-state index in [0.717, 1.165) is 43.7 Å². The zero-order chi connectivity index (χ0) is 16.5.